The largest absolute Gasteiger partial charge is 0.497 e. The number of fused-ring (bicyclic) bond motifs is 1. The van der Waals surface area contributed by atoms with Gasteiger partial charge in [-0.3, -0.25) is 4.68 Å². The first-order valence-electron chi connectivity index (χ1n) is 7.37. The molecular formula is C15H22BN3O2. The number of hydrogen-bond donors (Lipinski definition) is 1. The molecule has 0 amide bonds. The molecule has 21 heavy (non-hydrogen) atoms. The highest BCUT2D eigenvalue weighted by Gasteiger charge is 2.52. The number of nitrogens with two attached hydrogens (primary N) is 1. The van der Waals surface area contributed by atoms with Gasteiger partial charge in [0.1, 0.15) is 0 Å². The van der Waals surface area contributed by atoms with Gasteiger partial charge in [-0.25, -0.2) is 0 Å². The maximum atomic E-state index is 6.16. The van der Waals surface area contributed by atoms with Gasteiger partial charge in [0, 0.05) is 17.4 Å². The number of aryl methyl sites for hydroxylation is 1. The molecule has 2 N–H and O–H groups in total. The van der Waals surface area contributed by atoms with E-state index < -0.39 is 7.12 Å². The summed E-state index contributed by atoms with van der Waals surface area (Å²) in [6, 6.07) is 5.98. The van der Waals surface area contributed by atoms with Gasteiger partial charge in [0.25, 0.3) is 0 Å². The van der Waals surface area contributed by atoms with Crippen LogP contribution >= 0.6 is 0 Å². The number of anilines is 1. The number of aromatic nitrogens is 2. The Kier molecular flexibility index (Phi) is 3.08. The molecule has 0 saturated carbocycles. The zero-order valence-electron chi connectivity index (χ0n) is 13.3. The van der Waals surface area contributed by atoms with Crippen LogP contribution < -0.4 is 11.2 Å². The molecule has 1 aromatic carbocycles. The third kappa shape index (κ3) is 2.05. The normalized spacial score (nSPS) is 20.3. The predicted octanol–water partition coefficient (Wildman–Crippen LogP) is 1.94. The first-order chi connectivity index (χ1) is 9.77. The summed E-state index contributed by atoms with van der Waals surface area (Å²) in [7, 11) is -0.403. The zero-order valence-corrected chi connectivity index (χ0v) is 13.3. The van der Waals surface area contributed by atoms with Crippen molar-refractivity contribution in [3.63, 3.8) is 0 Å². The van der Waals surface area contributed by atoms with Crippen molar-refractivity contribution in [1.82, 2.24) is 9.78 Å². The third-order valence-electron chi connectivity index (χ3n) is 4.64. The van der Waals surface area contributed by atoms with Crippen molar-refractivity contribution in [1.29, 1.82) is 0 Å². The molecule has 0 radical (unpaired) electrons. The van der Waals surface area contributed by atoms with Crippen LogP contribution in [-0.2, 0) is 15.9 Å². The molecule has 0 spiro atoms. The number of nitrogen functional groups attached to an aromatic ring is 1. The Morgan fingerprint density at radius 1 is 1.19 bits per heavy atom. The van der Waals surface area contributed by atoms with Gasteiger partial charge >= 0.3 is 7.12 Å². The van der Waals surface area contributed by atoms with E-state index in [4.69, 9.17) is 15.0 Å². The molecule has 1 fully saturated rings. The van der Waals surface area contributed by atoms with Crippen LogP contribution in [0, 0.1) is 0 Å². The summed E-state index contributed by atoms with van der Waals surface area (Å²) in [4.78, 5) is 0. The van der Waals surface area contributed by atoms with E-state index in [9.17, 15) is 0 Å². The summed E-state index contributed by atoms with van der Waals surface area (Å²) in [5.41, 5.74) is 7.28. The van der Waals surface area contributed by atoms with E-state index in [1.807, 2.05) is 29.8 Å². The predicted molar refractivity (Wildman–Crippen MR) is 85.5 cm³/mol. The maximum Gasteiger partial charge on any atom is 0.497 e. The molecule has 2 aromatic rings. The molecule has 1 aromatic heterocycles. The topological polar surface area (TPSA) is 62.3 Å². The highest BCUT2D eigenvalue weighted by molar-refractivity contribution is 6.65. The highest BCUT2D eigenvalue weighted by Crippen LogP contribution is 2.37. The second kappa shape index (κ2) is 4.48. The lowest BCUT2D eigenvalue weighted by molar-refractivity contribution is 0.00578. The molecule has 0 unspecified atom stereocenters. The third-order valence-corrected chi connectivity index (χ3v) is 4.64. The van der Waals surface area contributed by atoms with E-state index in [1.165, 1.54) is 0 Å². The fourth-order valence-electron chi connectivity index (χ4n) is 2.68. The van der Waals surface area contributed by atoms with Gasteiger partial charge < -0.3 is 15.0 Å². The van der Waals surface area contributed by atoms with Crippen molar-refractivity contribution < 1.29 is 9.31 Å². The first-order valence-corrected chi connectivity index (χ1v) is 7.37. The lowest BCUT2D eigenvalue weighted by Gasteiger charge is -2.32. The first kappa shape index (κ1) is 14.4. The summed E-state index contributed by atoms with van der Waals surface area (Å²) in [6.07, 6.45) is 0. The van der Waals surface area contributed by atoms with E-state index in [1.54, 1.807) is 0 Å². The summed E-state index contributed by atoms with van der Waals surface area (Å²) in [6.45, 7) is 11.0. The van der Waals surface area contributed by atoms with Crippen molar-refractivity contribution in [2.45, 2.75) is 52.4 Å². The van der Waals surface area contributed by atoms with Crippen molar-refractivity contribution >= 4 is 29.3 Å². The van der Waals surface area contributed by atoms with Crippen LogP contribution in [0.2, 0.25) is 0 Å². The van der Waals surface area contributed by atoms with Crippen molar-refractivity contribution in [2.24, 2.45) is 0 Å². The molecule has 3 rings (SSSR count). The highest BCUT2D eigenvalue weighted by atomic mass is 16.7. The fraction of sp³-hybridized carbons (Fsp3) is 0.533. The molecule has 5 nitrogen and oxygen atoms in total. The minimum atomic E-state index is -0.403. The summed E-state index contributed by atoms with van der Waals surface area (Å²) in [5, 5.41) is 5.34. The van der Waals surface area contributed by atoms with Crippen LogP contribution in [0.1, 0.15) is 34.6 Å². The number of benzene rings is 1. The van der Waals surface area contributed by atoms with E-state index >= 15 is 0 Å². The van der Waals surface area contributed by atoms with Gasteiger partial charge in [-0.1, -0.05) is 12.1 Å². The molecule has 1 aliphatic rings. The average molecular weight is 287 g/mol. The zero-order chi connectivity index (χ0) is 15.4. The van der Waals surface area contributed by atoms with Gasteiger partial charge in [-0.2, -0.15) is 5.10 Å². The van der Waals surface area contributed by atoms with Crippen LogP contribution in [0.15, 0.2) is 18.2 Å². The van der Waals surface area contributed by atoms with Gasteiger partial charge in [0.05, 0.1) is 16.7 Å². The Balaban J connectivity index is 2.14. The van der Waals surface area contributed by atoms with Crippen LogP contribution in [0.3, 0.4) is 0 Å². The quantitative estimate of drug-likeness (QED) is 0.857. The molecule has 6 heteroatoms. The molecule has 0 aliphatic carbocycles. The Hall–Kier alpha value is -1.53. The molecular weight excluding hydrogens is 265 g/mol. The minimum Gasteiger partial charge on any atom is -0.399 e. The number of rotatable bonds is 2. The van der Waals surface area contributed by atoms with E-state index in [0.717, 1.165) is 22.9 Å². The summed E-state index contributed by atoms with van der Waals surface area (Å²) < 4.78 is 14.2. The average Bonchev–Trinajstić information content (AvgIpc) is 2.84. The Labute approximate surface area is 125 Å². The van der Waals surface area contributed by atoms with Gasteiger partial charge in [-0.15, -0.1) is 0 Å². The standard InChI is InChI=1S/C15H22BN3O2/c1-6-19-12-10(13(17)18-19)8-7-9-11(12)16-20-14(2,3)15(4,5)21-16/h7-9H,6H2,1-5H3,(H2,17,18). The SMILES string of the molecule is CCn1nc(N)c2cccc(B3OC(C)(C)C(C)(C)O3)c21. The Bertz CT molecular complexity index is 678. The smallest absolute Gasteiger partial charge is 0.399 e. The number of nitrogens with zero attached hydrogens (tertiary/aromatic N) is 2. The lowest BCUT2D eigenvalue weighted by atomic mass is 9.78. The summed E-state index contributed by atoms with van der Waals surface area (Å²) >= 11 is 0. The van der Waals surface area contributed by atoms with Crippen LogP contribution in [0.25, 0.3) is 10.9 Å². The molecule has 1 aliphatic heterocycles. The van der Waals surface area contributed by atoms with Crippen LogP contribution in [0.4, 0.5) is 5.82 Å². The molecule has 0 atom stereocenters. The molecule has 1 saturated heterocycles. The fourth-order valence-corrected chi connectivity index (χ4v) is 2.68. The van der Waals surface area contributed by atoms with Crippen molar-refractivity contribution in [2.75, 3.05) is 5.73 Å². The monoisotopic (exact) mass is 287 g/mol. The van der Waals surface area contributed by atoms with Gasteiger partial charge in [-0.05, 0) is 40.7 Å². The van der Waals surface area contributed by atoms with E-state index in [0.29, 0.717) is 5.82 Å². The van der Waals surface area contributed by atoms with Crippen LogP contribution in [-0.4, -0.2) is 28.1 Å². The van der Waals surface area contributed by atoms with Gasteiger partial charge in [0.2, 0.25) is 0 Å². The Morgan fingerprint density at radius 2 is 1.81 bits per heavy atom. The molecule has 112 valence electrons. The molecule has 2 heterocycles. The minimum absolute atomic E-state index is 0.359. The van der Waals surface area contributed by atoms with E-state index in [2.05, 4.69) is 32.8 Å². The van der Waals surface area contributed by atoms with Crippen molar-refractivity contribution in [3.05, 3.63) is 18.2 Å². The van der Waals surface area contributed by atoms with Crippen LogP contribution in [0.5, 0.6) is 0 Å². The maximum absolute atomic E-state index is 6.16. The lowest BCUT2D eigenvalue weighted by Crippen LogP contribution is -2.41. The Morgan fingerprint density at radius 3 is 2.38 bits per heavy atom. The number of para-hydroxylation sites is 1. The van der Waals surface area contributed by atoms with Crippen molar-refractivity contribution in [3.8, 4) is 0 Å². The number of hydrogen-bond acceptors (Lipinski definition) is 4. The summed E-state index contributed by atoms with van der Waals surface area (Å²) in [5.74, 6) is 0.546. The molecule has 0 bridgehead atoms. The van der Waals surface area contributed by atoms with E-state index in [-0.39, 0.29) is 11.2 Å². The second-order valence-electron chi connectivity index (χ2n) is 6.53. The second-order valence-corrected chi connectivity index (χ2v) is 6.53. The van der Waals surface area contributed by atoms with Gasteiger partial charge in [0.15, 0.2) is 5.82 Å².